The smallest absolute Gasteiger partial charge is 0.349 e. The normalized spacial score (nSPS) is 10.9. The minimum absolute atomic E-state index is 0.00224. The summed E-state index contributed by atoms with van der Waals surface area (Å²) in [5.41, 5.74) is -0.997. The molecule has 0 aliphatic carbocycles. The number of benzene rings is 1. The Morgan fingerprint density at radius 2 is 1.93 bits per heavy atom. The molecule has 0 radical (unpaired) electrons. The molecule has 0 bridgehead atoms. The van der Waals surface area contributed by atoms with Gasteiger partial charge in [-0.2, -0.15) is 9.94 Å². The van der Waals surface area contributed by atoms with Gasteiger partial charge in [0.1, 0.15) is 11.9 Å². The number of hydrogen-bond acceptors (Lipinski definition) is 7. The Bertz CT molecular complexity index is 1240. The molecule has 11 heteroatoms. The Hall–Kier alpha value is -3.22. The minimum Gasteiger partial charge on any atom is -0.504 e. The number of aromatic amines is 1. The molecule has 9 nitrogen and oxygen atoms in total. The van der Waals surface area contributed by atoms with Crippen LogP contribution in [0.1, 0.15) is 42.5 Å². The fourth-order valence-corrected chi connectivity index (χ4v) is 3.23. The van der Waals surface area contributed by atoms with E-state index in [1.165, 1.54) is 18.3 Å². The molecule has 0 unspecified atom stereocenters. The number of H-pyrrole nitrogens is 1. The molecule has 2 N–H and O–H groups in total. The zero-order chi connectivity index (χ0) is 21.3. The molecule has 2 heterocycles. The number of aromatic hydroxyl groups is 1. The Labute approximate surface area is 174 Å². The molecule has 0 fully saturated rings. The van der Waals surface area contributed by atoms with Crippen LogP contribution in [0.4, 0.5) is 0 Å². The first kappa shape index (κ1) is 20.5. The number of hydrogen-bond donors (Lipinski definition) is 2. The second kappa shape index (κ2) is 8.03. The molecule has 0 saturated carbocycles. The number of rotatable bonds is 4. The summed E-state index contributed by atoms with van der Waals surface area (Å²) in [6.07, 6.45) is 1.51. The van der Waals surface area contributed by atoms with Crippen LogP contribution in [-0.4, -0.2) is 29.8 Å². The second-order valence-electron chi connectivity index (χ2n) is 6.41. The Kier molecular flexibility index (Phi) is 5.68. The van der Waals surface area contributed by atoms with Crippen LogP contribution in [0, 0.1) is 11.3 Å². The van der Waals surface area contributed by atoms with Gasteiger partial charge in [0, 0.05) is 16.5 Å². The molecule has 0 spiro atoms. The number of nitrogens with zero attached hydrogens (tertiary/aromatic N) is 5. The zero-order valence-electron chi connectivity index (χ0n) is 15.3. The molecule has 0 amide bonds. The monoisotopic (exact) mass is 432 g/mol. The van der Waals surface area contributed by atoms with Crippen LogP contribution in [0.25, 0.3) is 5.69 Å². The SMILES string of the molecule is CC(C)c1nc(Cc2c(Cl)cc(-n3nc(C#N)c(=O)[nH]c3=O)cc2Cl)ncc1O. The van der Waals surface area contributed by atoms with Crippen LogP contribution in [0.15, 0.2) is 27.9 Å². The van der Waals surface area contributed by atoms with Gasteiger partial charge in [-0.25, -0.2) is 14.8 Å². The molecule has 0 aliphatic heterocycles. The molecule has 3 aromatic rings. The molecule has 3 rings (SSSR count). The van der Waals surface area contributed by atoms with Gasteiger partial charge in [-0.3, -0.25) is 9.78 Å². The van der Waals surface area contributed by atoms with E-state index in [4.69, 9.17) is 28.5 Å². The van der Waals surface area contributed by atoms with Gasteiger partial charge in [-0.05, 0) is 23.6 Å². The lowest BCUT2D eigenvalue weighted by atomic mass is 10.1. The van der Waals surface area contributed by atoms with Crippen LogP contribution in [0.5, 0.6) is 5.75 Å². The summed E-state index contributed by atoms with van der Waals surface area (Å²) in [6.45, 7) is 3.79. The van der Waals surface area contributed by atoms with E-state index in [0.29, 0.717) is 17.1 Å². The second-order valence-corrected chi connectivity index (χ2v) is 7.22. The van der Waals surface area contributed by atoms with E-state index in [0.717, 1.165) is 4.68 Å². The van der Waals surface area contributed by atoms with Crippen molar-refractivity contribution in [1.82, 2.24) is 24.7 Å². The number of nitriles is 1. The standard InChI is InChI=1S/C18H14Cl2N6O3/c1-8(2)16-14(27)7-22-15(23-16)5-10-11(19)3-9(4-12(10)20)26-18(29)24-17(28)13(6-21)25-26/h3-4,7-8,27H,5H2,1-2H3,(H,24,28,29). The lowest BCUT2D eigenvalue weighted by Crippen LogP contribution is -2.33. The summed E-state index contributed by atoms with van der Waals surface area (Å²) >= 11 is 12.7. The largest absolute Gasteiger partial charge is 0.504 e. The van der Waals surface area contributed by atoms with Crippen molar-refractivity contribution in [3.8, 4) is 17.5 Å². The molecular weight excluding hydrogens is 419 g/mol. The predicted molar refractivity (Wildman–Crippen MR) is 106 cm³/mol. The van der Waals surface area contributed by atoms with Crippen molar-refractivity contribution in [3.05, 3.63) is 72.0 Å². The van der Waals surface area contributed by atoms with Gasteiger partial charge in [-0.1, -0.05) is 37.0 Å². The molecule has 0 saturated heterocycles. The lowest BCUT2D eigenvalue weighted by Gasteiger charge is -2.12. The molecule has 0 aliphatic rings. The molecule has 148 valence electrons. The Morgan fingerprint density at radius 3 is 2.52 bits per heavy atom. The van der Waals surface area contributed by atoms with Gasteiger partial charge in [0.05, 0.1) is 17.6 Å². The van der Waals surface area contributed by atoms with E-state index in [2.05, 4.69) is 15.1 Å². The van der Waals surface area contributed by atoms with E-state index < -0.39 is 16.9 Å². The first-order chi connectivity index (χ1) is 13.7. The van der Waals surface area contributed by atoms with Crippen molar-refractivity contribution >= 4 is 23.2 Å². The van der Waals surface area contributed by atoms with Crippen molar-refractivity contribution in [2.75, 3.05) is 0 Å². The minimum atomic E-state index is -0.881. The highest BCUT2D eigenvalue weighted by molar-refractivity contribution is 6.36. The molecule has 2 aromatic heterocycles. The third kappa shape index (κ3) is 4.13. The first-order valence-corrected chi connectivity index (χ1v) is 9.13. The maximum absolute atomic E-state index is 12.0. The van der Waals surface area contributed by atoms with Crippen molar-refractivity contribution < 1.29 is 5.11 Å². The van der Waals surface area contributed by atoms with Crippen LogP contribution in [0.3, 0.4) is 0 Å². The van der Waals surface area contributed by atoms with Crippen molar-refractivity contribution in [1.29, 1.82) is 5.26 Å². The van der Waals surface area contributed by atoms with Crippen molar-refractivity contribution in [3.63, 3.8) is 0 Å². The summed E-state index contributed by atoms with van der Waals surface area (Å²) in [6, 6.07) is 4.47. The van der Waals surface area contributed by atoms with E-state index in [1.807, 2.05) is 18.8 Å². The van der Waals surface area contributed by atoms with Crippen LogP contribution >= 0.6 is 23.2 Å². The van der Waals surface area contributed by atoms with Gasteiger partial charge < -0.3 is 5.11 Å². The summed E-state index contributed by atoms with van der Waals surface area (Å²) in [5, 5.41) is 23.0. The van der Waals surface area contributed by atoms with Crippen LogP contribution in [0.2, 0.25) is 10.0 Å². The topological polar surface area (TPSA) is 138 Å². The van der Waals surface area contributed by atoms with Crippen molar-refractivity contribution in [2.45, 2.75) is 26.2 Å². The van der Waals surface area contributed by atoms with E-state index >= 15 is 0 Å². The van der Waals surface area contributed by atoms with Gasteiger partial charge in [-0.15, -0.1) is 5.10 Å². The third-order valence-corrected chi connectivity index (χ3v) is 4.71. The summed E-state index contributed by atoms with van der Waals surface area (Å²) < 4.78 is 0.829. The summed E-state index contributed by atoms with van der Waals surface area (Å²) in [4.78, 5) is 34.0. The van der Waals surface area contributed by atoms with Gasteiger partial charge in [0.15, 0.2) is 5.75 Å². The summed E-state index contributed by atoms with van der Waals surface area (Å²) in [5.74, 6) is 0.417. The Balaban J connectivity index is 2.04. The fraction of sp³-hybridized carbons (Fsp3) is 0.222. The van der Waals surface area contributed by atoms with E-state index in [-0.39, 0.29) is 33.8 Å². The molecule has 1 aromatic carbocycles. The average molecular weight is 433 g/mol. The lowest BCUT2D eigenvalue weighted by molar-refractivity contribution is 0.455. The Morgan fingerprint density at radius 1 is 1.28 bits per heavy atom. The van der Waals surface area contributed by atoms with Crippen LogP contribution < -0.4 is 11.2 Å². The number of aromatic nitrogens is 5. The quantitative estimate of drug-likeness (QED) is 0.644. The zero-order valence-corrected chi connectivity index (χ0v) is 16.8. The van der Waals surface area contributed by atoms with E-state index in [9.17, 15) is 14.7 Å². The van der Waals surface area contributed by atoms with Gasteiger partial charge >= 0.3 is 5.69 Å². The first-order valence-electron chi connectivity index (χ1n) is 8.38. The number of nitrogens with one attached hydrogen (secondary N) is 1. The maximum Gasteiger partial charge on any atom is 0.349 e. The molecule has 0 atom stereocenters. The molecule has 29 heavy (non-hydrogen) atoms. The van der Waals surface area contributed by atoms with Crippen molar-refractivity contribution in [2.24, 2.45) is 0 Å². The van der Waals surface area contributed by atoms with Crippen LogP contribution in [-0.2, 0) is 6.42 Å². The highest BCUT2D eigenvalue weighted by Gasteiger charge is 2.16. The van der Waals surface area contributed by atoms with Gasteiger partial charge in [0.2, 0.25) is 5.69 Å². The highest BCUT2D eigenvalue weighted by Crippen LogP contribution is 2.30. The predicted octanol–water partition coefficient (Wildman–Crippen LogP) is 2.31. The third-order valence-electron chi connectivity index (χ3n) is 4.03. The molecular formula is C18H14Cl2N6O3. The maximum atomic E-state index is 12.0. The summed E-state index contributed by atoms with van der Waals surface area (Å²) in [7, 11) is 0. The number of halogens is 2. The van der Waals surface area contributed by atoms with E-state index in [1.54, 1.807) is 6.07 Å². The highest BCUT2D eigenvalue weighted by atomic mass is 35.5. The fourth-order valence-electron chi connectivity index (χ4n) is 2.62. The van der Waals surface area contributed by atoms with Gasteiger partial charge in [0.25, 0.3) is 5.56 Å². The average Bonchev–Trinajstić information content (AvgIpc) is 2.65.